The highest BCUT2D eigenvalue weighted by atomic mass is 35.5. The first kappa shape index (κ1) is 15.7. The van der Waals surface area contributed by atoms with E-state index < -0.39 is 0 Å². The van der Waals surface area contributed by atoms with E-state index >= 15 is 0 Å². The number of nitrogens with one attached hydrogen (secondary N) is 1. The smallest absolute Gasteiger partial charge is 0 e. The van der Waals surface area contributed by atoms with Crippen molar-refractivity contribution in [3.8, 4) is 0 Å². The summed E-state index contributed by atoms with van der Waals surface area (Å²) >= 11 is 0. The van der Waals surface area contributed by atoms with Gasteiger partial charge < -0.3 is 5.32 Å². The van der Waals surface area contributed by atoms with E-state index in [-0.39, 0.29) is 20.8 Å². The van der Waals surface area contributed by atoms with Crippen molar-refractivity contribution in [2.24, 2.45) is 0 Å². The third-order valence-corrected chi connectivity index (χ3v) is 0.500. The molecule has 0 aliphatic heterocycles. The van der Waals surface area contributed by atoms with Crippen molar-refractivity contribution >= 4 is 20.8 Å². The topological polar surface area (TPSA) is 12.0 Å². The Morgan fingerprint density at radius 1 is 1.14 bits per heavy atom. The zero-order chi connectivity index (χ0) is 4.12. The summed E-state index contributed by atoms with van der Waals surface area (Å²) < 4.78 is 0. The van der Waals surface area contributed by atoms with Gasteiger partial charge in [-0.3, -0.25) is 0 Å². The molecule has 1 nitrogen and oxygen atoms in total. The molecule has 0 aromatic rings. The van der Waals surface area contributed by atoms with E-state index in [1.807, 2.05) is 0 Å². The van der Waals surface area contributed by atoms with Crippen molar-refractivity contribution < 1.29 is 0 Å². The Morgan fingerprint density at radius 3 is 1.43 bits per heavy atom. The van der Waals surface area contributed by atoms with E-state index in [1.54, 1.807) is 0 Å². The molecule has 0 bridgehead atoms. The minimum absolute atomic E-state index is 0. The van der Waals surface area contributed by atoms with Crippen molar-refractivity contribution in [3.63, 3.8) is 0 Å². The van der Waals surface area contributed by atoms with Gasteiger partial charge in [-0.25, -0.2) is 0 Å². The van der Waals surface area contributed by atoms with Crippen LogP contribution in [0.15, 0.2) is 0 Å². The van der Waals surface area contributed by atoms with Gasteiger partial charge in [-0.2, -0.15) is 0 Å². The van der Waals surface area contributed by atoms with Crippen LogP contribution in [0.25, 0.3) is 0 Å². The Bertz CT molecular complexity index is 19.2. The Hall–Kier alpha value is 0.315. The second kappa shape index (κ2) is 16.2. The van der Waals surface area contributed by atoms with E-state index in [0.717, 1.165) is 13.1 Å². The van der Waals surface area contributed by atoms with Crippen LogP contribution in [-0.2, 0) is 0 Å². The standard InChI is InChI=1S/C4H11N.B.ClH/c1-3-5-4-2;;/h5H,3-4H2,1-2H3;;1H. The van der Waals surface area contributed by atoms with Gasteiger partial charge in [0.2, 0.25) is 0 Å². The summed E-state index contributed by atoms with van der Waals surface area (Å²) in [6.45, 7) is 6.39. The van der Waals surface area contributed by atoms with Gasteiger partial charge in [0, 0.05) is 8.41 Å². The van der Waals surface area contributed by atoms with Gasteiger partial charge in [-0.05, 0) is 13.1 Å². The van der Waals surface area contributed by atoms with E-state index in [9.17, 15) is 0 Å². The summed E-state index contributed by atoms with van der Waals surface area (Å²) in [6.07, 6.45) is 0. The molecule has 3 radical (unpaired) electrons. The molecule has 0 heterocycles. The van der Waals surface area contributed by atoms with Crippen LogP contribution >= 0.6 is 12.4 Å². The number of halogens is 1. The molecule has 3 heteroatoms. The average Bonchev–Trinajstić information content (AvgIpc) is 1.41. The first-order valence-electron chi connectivity index (χ1n) is 2.12. The number of hydrogen-bond acceptors (Lipinski definition) is 1. The SMILES string of the molecule is CCNCC.Cl.[B]. The zero-order valence-electron chi connectivity index (χ0n) is 4.90. The van der Waals surface area contributed by atoms with Crippen molar-refractivity contribution in [1.29, 1.82) is 0 Å². The van der Waals surface area contributed by atoms with Crippen molar-refractivity contribution in [2.75, 3.05) is 13.1 Å². The van der Waals surface area contributed by atoms with Gasteiger partial charge in [-0.15, -0.1) is 12.4 Å². The number of rotatable bonds is 2. The van der Waals surface area contributed by atoms with Gasteiger partial charge >= 0.3 is 0 Å². The molecule has 7 heavy (non-hydrogen) atoms. The molecule has 0 saturated carbocycles. The van der Waals surface area contributed by atoms with E-state index in [4.69, 9.17) is 0 Å². The molecule has 0 aliphatic rings. The van der Waals surface area contributed by atoms with Crippen LogP contribution in [0.4, 0.5) is 0 Å². The second-order valence-electron chi connectivity index (χ2n) is 0.957. The first-order chi connectivity index (χ1) is 2.41. The first-order valence-corrected chi connectivity index (χ1v) is 2.12. The van der Waals surface area contributed by atoms with Crippen molar-refractivity contribution in [3.05, 3.63) is 0 Å². The van der Waals surface area contributed by atoms with E-state index in [0.29, 0.717) is 0 Å². The molecule has 0 aromatic carbocycles. The second-order valence-corrected chi connectivity index (χ2v) is 0.957. The predicted octanol–water partition coefficient (Wildman–Crippen LogP) is 0.657. The highest BCUT2D eigenvalue weighted by molar-refractivity contribution is 5.85. The molecule has 0 aliphatic carbocycles. The Balaban J connectivity index is -0.0000000800. The van der Waals surface area contributed by atoms with Gasteiger partial charge in [0.1, 0.15) is 0 Å². The summed E-state index contributed by atoms with van der Waals surface area (Å²) in [5.41, 5.74) is 0. The lowest BCUT2D eigenvalue weighted by atomic mass is 10.7. The molecule has 0 fully saturated rings. The Kier molecular flexibility index (Phi) is 36.3. The quantitative estimate of drug-likeness (QED) is 0.528. The fourth-order valence-electron chi connectivity index (χ4n) is 0.250. The molecule has 0 spiro atoms. The van der Waals surface area contributed by atoms with Crippen LogP contribution in [-0.4, -0.2) is 21.5 Å². The summed E-state index contributed by atoms with van der Waals surface area (Å²) in [7, 11) is 0. The lowest BCUT2D eigenvalue weighted by Crippen LogP contribution is -2.09. The molecule has 0 unspecified atom stereocenters. The molecule has 0 atom stereocenters. The fourth-order valence-corrected chi connectivity index (χ4v) is 0.250. The zero-order valence-corrected chi connectivity index (χ0v) is 5.72. The molecule has 43 valence electrons. The summed E-state index contributed by atoms with van der Waals surface area (Å²) in [5.74, 6) is 0. The van der Waals surface area contributed by atoms with Gasteiger partial charge in [0.25, 0.3) is 0 Å². The lowest BCUT2D eigenvalue weighted by Gasteiger charge is -1.86. The predicted molar refractivity (Wildman–Crippen MR) is 37.2 cm³/mol. The number of hydrogen-bond donors (Lipinski definition) is 1. The maximum absolute atomic E-state index is 3.11. The maximum Gasteiger partial charge on any atom is 0 e. The molecule has 0 amide bonds. The third kappa shape index (κ3) is 21.9. The third-order valence-electron chi connectivity index (χ3n) is 0.500. The minimum Gasteiger partial charge on any atom is -0.317 e. The maximum atomic E-state index is 3.11. The Labute approximate surface area is 53.9 Å². The van der Waals surface area contributed by atoms with Crippen LogP contribution in [0.1, 0.15) is 13.8 Å². The molecular weight excluding hydrogens is 108 g/mol. The van der Waals surface area contributed by atoms with Gasteiger partial charge in [0.05, 0.1) is 0 Å². The van der Waals surface area contributed by atoms with E-state index in [1.165, 1.54) is 0 Å². The molecular formula is C4H12BClN. The molecule has 1 N–H and O–H groups in total. The summed E-state index contributed by atoms with van der Waals surface area (Å²) in [4.78, 5) is 0. The van der Waals surface area contributed by atoms with Gasteiger partial charge in [-0.1, -0.05) is 13.8 Å². The Morgan fingerprint density at radius 2 is 1.43 bits per heavy atom. The fraction of sp³-hybridized carbons (Fsp3) is 1.00. The van der Waals surface area contributed by atoms with Crippen LogP contribution < -0.4 is 5.32 Å². The highest BCUT2D eigenvalue weighted by Crippen LogP contribution is 1.47. The van der Waals surface area contributed by atoms with Crippen LogP contribution in [0.2, 0.25) is 0 Å². The van der Waals surface area contributed by atoms with Crippen LogP contribution in [0.3, 0.4) is 0 Å². The minimum atomic E-state index is 0. The van der Waals surface area contributed by atoms with Crippen LogP contribution in [0, 0.1) is 0 Å². The summed E-state index contributed by atoms with van der Waals surface area (Å²) in [5, 5.41) is 3.11. The largest absolute Gasteiger partial charge is 0.317 e. The van der Waals surface area contributed by atoms with Crippen LogP contribution in [0.5, 0.6) is 0 Å². The van der Waals surface area contributed by atoms with E-state index in [2.05, 4.69) is 19.2 Å². The molecule has 0 aromatic heterocycles. The summed E-state index contributed by atoms with van der Waals surface area (Å²) in [6, 6.07) is 0. The monoisotopic (exact) mass is 120 g/mol. The molecule has 0 rings (SSSR count). The lowest BCUT2D eigenvalue weighted by molar-refractivity contribution is 0.762. The molecule has 0 saturated heterocycles. The van der Waals surface area contributed by atoms with Crippen molar-refractivity contribution in [2.45, 2.75) is 13.8 Å². The highest BCUT2D eigenvalue weighted by Gasteiger charge is 1.62. The normalized spacial score (nSPS) is 6.00. The van der Waals surface area contributed by atoms with Crippen molar-refractivity contribution in [1.82, 2.24) is 5.32 Å². The van der Waals surface area contributed by atoms with Gasteiger partial charge in [0.15, 0.2) is 0 Å². The average molecular weight is 120 g/mol.